The Labute approximate surface area is 202 Å². The Kier molecular flexibility index (Phi) is 5.79. The van der Waals surface area contributed by atoms with Gasteiger partial charge in [-0.25, -0.2) is 4.39 Å². The van der Waals surface area contributed by atoms with E-state index in [1.807, 2.05) is 31.7 Å². The molecule has 0 N–H and O–H groups in total. The molecule has 1 saturated carbocycles. The monoisotopic (exact) mass is 478 g/mol. The predicted octanol–water partition coefficient (Wildman–Crippen LogP) is 4.31. The van der Waals surface area contributed by atoms with E-state index < -0.39 is 5.82 Å². The van der Waals surface area contributed by atoms with Crippen LogP contribution in [0, 0.1) is 17.1 Å². The number of hydrogen-bond donors (Lipinski definition) is 0. The quantitative estimate of drug-likeness (QED) is 0.533. The first-order valence-electron chi connectivity index (χ1n) is 11.8. The molecule has 2 fully saturated rings. The number of piperidine rings is 1. The van der Waals surface area contributed by atoms with Crippen molar-refractivity contribution in [3.8, 4) is 17.3 Å². The van der Waals surface area contributed by atoms with Crippen LogP contribution in [0.25, 0.3) is 11.3 Å². The number of hydrogen-bond acceptors (Lipinski definition) is 8. The number of benzene rings is 1. The number of rotatable bonds is 5. The molecule has 0 bridgehead atoms. The first-order valence-corrected chi connectivity index (χ1v) is 11.8. The van der Waals surface area contributed by atoms with Gasteiger partial charge < -0.3 is 18.8 Å². The summed E-state index contributed by atoms with van der Waals surface area (Å²) < 4.78 is 25.2. The van der Waals surface area contributed by atoms with Gasteiger partial charge in [-0.2, -0.15) is 10.2 Å². The summed E-state index contributed by atoms with van der Waals surface area (Å²) in [7, 11) is 0. The van der Waals surface area contributed by atoms with Gasteiger partial charge in [0.05, 0.1) is 11.6 Å². The first-order chi connectivity index (χ1) is 16.7. The Hall–Kier alpha value is -3.74. The molecule has 10 heteroatoms. The average molecular weight is 479 g/mol. The van der Waals surface area contributed by atoms with Crippen LogP contribution in [0.4, 0.5) is 10.4 Å². The Morgan fingerprint density at radius 3 is 2.43 bits per heavy atom. The maximum atomic E-state index is 14.4. The van der Waals surface area contributed by atoms with E-state index in [9.17, 15) is 9.18 Å². The summed E-state index contributed by atoms with van der Waals surface area (Å²) in [6.45, 7) is 7.52. The molecule has 0 atom stereocenters. The molecule has 35 heavy (non-hydrogen) atoms. The van der Waals surface area contributed by atoms with E-state index in [-0.39, 0.29) is 46.0 Å². The third kappa shape index (κ3) is 4.63. The van der Waals surface area contributed by atoms with Crippen LogP contribution in [0.2, 0.25) is 0 Å². The van der Waals surface area contributed by atoms with E-state index in [0.29, 0.717) is 24.9 Å². The third-order valence-electron chi connectivity index (χ3n) is 6.48. The Bertz CT molecular complexity index is 1270. The van der Waals surface area contributed by atoms with Gasteiger partial charge in [-0.3, -0.25) is 4.79 Å². The van der Waals surface area contributed by atoms with E-state index in [0.717, 1.165) is 31.7 Å². The average Bonchev–Trinajstić information content (AvgIpc) is 3.33. The van der Waals surface area contributed by atoms with Gasteiger partial charge in [0.2, 0.25) is 5.76 Å². The summed E-state index contributed by atoms with van der Waals surface area (Å²) in [5.41, 5.74) is 0.443. The van der Waals surface area contributed by atoms with Crippen LogP contribution in [-0.4, -0.2) is 51.3 Å². The van der Waals surface area contributed by atoms with Gasteiger partial charge >= 0.3 is 6.01 Å². The summed E-state index contributed by atoms with van der Waals surface area (Å²) >= 11 is 0. The number of carbonyl (C=O) groups excluding carboxylic acids is 1. The molecule has 0 radical (unpaired) electrons. The second kappa shape index (κ2) is 8.80. The van der Waals surface area contributed by atoms with Crippen molar-refractivity contribution in [2.24, 2.45) is 0 Å². The fourth-order valence-corrected chi connectivity index (χ4v) is 4.39. The maximum absolute atomic E-state index is 14.4. The van der Waals surface area contributed by atoms with Crippen molar-refractivity contribution in [2.75, 3.05) is 18.0 Å². The third-order valence-corrected chi connectivity index (χ3v) is 6.48. The zero-order chi connectivity index (χ0) is 24.7. The first kappa shape index (κ1) is 23.0. The lowest BCUT2D eigenvalue weighted by atomic mass is 9.96. The zero-order valence-corrected chi connectivity index (χ0v) is 20.0. The Morgan fingerprint density at radius 2 is 1.83 bits per heavy atom. The standard InChI is InChI=1S/C25H27FN6O3/c1-25(2,3)23-28-24(35-30-23)31-10-8-17(9-11-31)32(16-5-6-16)22(33)21-13-20(29-34-21)18-7-4-15(14-27)12-19(18)26/h4,7,12-13,16-17H,5-6,8-11H2,1-3H3. The second-order valence-electron chi connectivity index (χ2n) is 10.2. The summed E-state index contributed by atoms with van der Waals surface area (Å²) in [5.74, 6) is -0.0565. The number of aromatic nitrogens is 3. The van der Waals surface area contributed by atoms with E-state index >= 15 is 0 Å². The summed E-state index contributed by atoms with van der Waals surface area (Å²) in [6, 6.07) is 8.24. The largest absolute Gasteiger partial charge is 0.350 e. The van der Waals surface area contributed by atoms with Crippen LogP contribution >= 0.6 is 0 Å². The zero-order valence-electron chi connectivity index (χ0n) is 20.0. The minimum atomic E-state index is -0.585. The minimum Gasteiger partial charge on any atom is -0.350 e. The van der Waals surface area contributed by atoms with Gasteiger partial charge in [0.15, 0.2) is 5.82 Å². The number of nitriles is 1. The van der Waals surface area contributed by atoms with E-state index in [4.69, 9.17) is 14.3 Å². The molecule has 3 aromatic rings. The Morgan fingerprint density at radius 1 is 1.11 bits per heavy atom. The van der Waals surface area contributed by atoms with Crippen molar-refractivity contribution < 1.29 is 18.2 Å². The number of anilines is 1. The normalized spacial score (nSPS) is 16.8. The molecule has 0 unspecified atom stereocenters. The van der Waals surface area contributed by atoms with E-state index in [2.05, 4.69) is 20.2 Å². The molecule has 2 aromatic heterocycles. The fourth-order valence-electron chi connectivity index (χ4n) is 4.39. The molecule has 1 aliphatic carbocycles. The van der Waals surface area contributed by atoms with Crippen LogP contribution in [-0.2, 0) is 5.41 Å². The van der Waals surface area contributed by atoms with Gasteiger partial charge in [0.25, 0.3) is 5.91 Å². The number of amides is 1. The molecule has 3 heterocycles. The fraction of sp³-hybridized carbons (Fsp3) is 0.480. The predicted molar refractivity (Wildman–Crippen MR) is 124 cm³/mol. The molecule has 0 spiro atoms. The lowest BCUT2D eigenvalue weighted by molar-refractivity contribution is 0.0587. The lowest BCUT2D eigenvalue weighted by Crippen LogP contribution is -2.48. The van der Waals surface area contributed by atoms with E-state index in [1.54, 1.807) is 0 Å². The molecular formula is C25H27FN6O3. The summed E-state index contributed by atoms with van der Waals surface area (Å²) in [5, 5.41) is 17.0. The minimum absolute atomic E-state index is 0.0523. The molecule has 9 nitrogen and oxygen atoms in total. The SMILES string of the molecule is CC(C)(C)c1noc(N2CCC(N(C(=O)c3cc(-c4ccc(C#N)cc4F)no3)C3CC3)CC2)n1. The van der Waals surface area contributed by atoms with Crippen molar-refractivity contribution in [3.05, 3.63) is 47.2 Å². The highest BCUT2D eigenvalue weighted by molar-refractivity contribution is 5.93. The van der Waals surface area contributed by atoms with Crippen molar-refractivity contribution in [1.82, 2.24) is 20.2 Å². The highest BCUT2D eigenvalue weighted by Gasteiger charge is 2.41. The maximum Gasteiger partial charge on any atom is 0.324 e. The molecule has 2 aliphatic rings. The molecule has 1 saturated heterocycles. The van der Waals surface area contributed by atoms with Gasteiger partial charge in [-0.15, -0.1) is 0 Å². The van der Waals surface area contributed by atoms with Gasteiger partial charge in [-0.05, 0) is 43.9 Å². The highest BCUT2D eigenvalue weighted by atomic mass is 19.1. The molecule has 182 valence electrons. The smallest absolute Gasteiger partial charge is 0.324 e. The summed E-state index contributed by atoms with van der Waals surface area (Å²) in [4.78, 5) is 21.9. The van der Waals surface area contributed by atoms with Gasteiger partial charge in [-0.1, -0.05) is 31.1 Å². The van der Waals surface area contributed by atoms with Crippen LogP contribution in [0.15, 0.2) is 33.3 Å². The molecule has 5 rings (SSSR count). The topological polar surface area (TPSA) is 112 Å². The lowest BCUT2D eigenvalue weighted by Gasteiger charge is -2.37. The van der Waals surface area contributed by atoms with Gasteiger partial charge in [0.1, 0.15) is 11.5 Å². The molecular weight excluding hydrogens is 451 g/mol. The molecule has 1 aliphatic heterocycles. The number of nitrogens with zero attached hydrogens (tertiary/aromatic N) is 6. The van der Waals surface area contributed by atoms with Crippen LogP contribution < -0.4 is 4.90 Å². The number of halogens is 1. The van der Waals surface area contributed by atoms with Crippen molar-refractivity contribution in [2.45, 2.75) is 64.0 Å². The van der Waals surface area contributed by atoms with Crippen molar-refractivity contribution >= 4 is 11.9 Å². The second-order valence-corrected chi connectivity index (χ2v) is 10.2. The van der Waals surface area contributed by atoms with E-state index in [1.165, 1.54) is 18.2 Å². The van der Waals surface area contributed by atoms with Crippen molar-refractivity contribution in [1.29, 1.82) is 5.26 Å². The number of carbonyl (C=O) groups is 1. The van der Waals surface area contributed by atoms with Crippen LogP contribution in [0.3, 0.4) is 0 Å². The molecule has 1 aromatic carbocycles. The van der Waals surface area contributed by atoms with Crippen molar-refractivity contribution in [3.63, 3.8) is 0 Å². The Balaban J connectivity index is 1.29. The van der Waals surface area contributed by atoms with Crippen LogP contribution in [0.5, 0.6) is 0 Å². The van der Waals surface area contributed by atoms with Crippen LogP contribution in [0.1, 0.15) is 68.4 Å². The highest BCUT2D eigenvalue weighted by Crippen LogP contribution is 2.35. The van der Waals surface area contributed by atoms with Gasteiger partial charge in [0, 0.05) is 42.2 Å². The molecule has 1 amide bonds. The summed E-state index contributed by atoms with van der Waals surface area (Å²) in [6.07, 6.45) is 3.44.